The van der Waals surface area contributed by atoms with Crippen molar-refractivity contribution in [1.82, 2.24) is 30.3 Å². The second-order valence-electron chi connectivity index (χ2n) is 6.88. The summed E-state index contributed by atoms with van der Waals surface area (Å²) < 4.78 is 7.38. The standard InChI is InChI=1S/C20H31N7O.HI/c1-4-21-20(23-14-19-24-15-25-26(19)2)22-13-17(27-11-7-8-12-27)16-9-5-6-10-18(16)28-3;/h5-6,9-10,15,17H,4,7-8,11-14H2,1-3H3,(H2,21,22,23);1H. The van der Waals surface area contributed by atoms with Gasteiger partial charge in [-0.15, -0.1) is 24.0 Å². The van der Waals surface area contributed by atoms with Crippen LogP contribution in [0.5, 0.6) is 5.75 Å². The summed E-state index contributed by atoms with van der Waals surface area (Å²) in [6, 6.07) is 8.52. The van der Waals surface area contributed by atoms with Crippen LogP contribution in [0, 0.1) is 0 Å². The summed E-state index contributed by atoms with van der Waals surface area (Å²) in [6.45, 7) is 6.32. The Bertz CT molecular complexity index is 774. The number of guanidine groups is 1. The minimum atomic E-state index is 0. The van der Waals surface area contributed by atoms with E-state index in [-0.39, 0.29) is 30.0 Å². The average molecular weight is 513 g/mol. The van der Waals surface area contributed by atoms with Crippen molar-refractivity contribution >= 4 is 29.9 Å². The van der Waals surface area contributed by atoms with E-state index in [1.807, 2.05) is 19.2 Å². The Hall–Kier alpha value is -1.88. The maximum absolute atomic E-state index is 5.63. The Morgan fingerprint density at radius 2 is 2.00 bits per heavy atom. The van der Waals surface area contributed by atoms with Crippen LogP contribution in [0.3, 0.4) is 0 Å². The van der Waals surface area contributed by atoms with Gasteiger partial charge in [0.2, 0.25) is 0 Å². The maximum atomic E-state index is 5.63. The number of aromatic nitrogens is 3. The number of nitrogens with zero attached hydrogens (tertiary/aromatic N) is 5. The number of hydrogen-bond donors (Lipinski definition) is 2. The third kappa shape index (κ3) is 6.30. The van der Waals surface area contributed by atoms with E-state index in [9.17, 15) is 0 Å². The smallest absolute Gasteiger partial charge is 0.191 e. The van der Waals surface area contributed by atoms with Crippen molar-refractivity contribution < 1.29 is 4.74 Å². The highest BCUT2D eigenvalue weighted by Gasteiger charge is 2.26. The van der Waals surface area contributed by atoms with E-state index in [1.165, 1.54) is 18.4 Å². The lowest BCUT2D eigenvalue weighted by molar-refractivity contribution is 0.239. The van der Waals surface area contributed by atoms with Crippen molar-refractivity contribution in [3.63, 3.8) is 0 Å². The summed E-state index contributed by atoms with van der Waals surface area (Å²) in [4.78, 5) is 11.4. The molecule has 3 rings (SSSR count). The van der Waals surface area contributed by atoms with Crippen LogP contribution in [0.1, 0.15) is 37.2 Å². The maximum Gasteiger partial charge on any atom is 0.191 e. The number of benzene rings is 1. The van der Waals surface area contributed by atoms with Crippen molar-refractivity contribution in [3.05, 3.63) is 42.0 Å². The van der Waals surface area contributed by atoms with Crippen LogP contribution in [0.2, 0.25) is 0 Å². The zero-order chi connectivity index (χ0) is 19.8. The van der Waals surface area contributed by atoms with Crippen LogP contribution in [-0.4, -0.2) is 58.9 Å². The van der Waals surface area contributed by atoms with E-state index < -0.39 is 0 Å². The molecule has 1 aliphatic rings. The fraction of sp³-hybridized carbons (Fsp3) is 0.550. The van der Waals surface area contributed by atoms with Gasteiger partial charge in [0.15, 0.2) is 5.96 Å². The van der Waals surface area contributed by atoms with E-state index >= 15 is 0 Å². The molecule has 0 bridgehead atoms. The molecule has 1 atom stereocenters. The van der Waals surface area contributed by atoms with Crippen molar-refractivity contribution in [2.75, 3.05) is 33.3 Å². The Morgan fingerprint density at radius 3 is 2.66 bits per heavy atom. The van der Waals surface area contributed by atoms with Gasteiger partial charge in [0, 0.05) is 25.7 Å². The highest BCUT2D eigenvalue weighted by molar-refractivity contribution is 14.0. The fourth-order valence-corrected chi connectivity index (χ4v) is 3.58. The molecule has 0 spiro atoms. The van der Waals surface area contributed by atoms with Crippen LogP contribution in [-0.2, 0) is 13.6 Å². The Balaban J connectivity index is 0.00000300. The third-order valence-corrected chi connectivity index (χ3v) is 5.07. The number of nitrogens with one attached hydrogen (secondary N) is 2. The second kappa shape index (κ2) is 12.0. The first-order valence-electron chi connectivity index (χ1n) is 9.95. The van der Waals surface area contributed by atoms with Crippen LogP contribution < -0.4 is 15.4 Å². The van der Waals surface area contributed by atoms with E-state index in [0.717, 1.165) is 43.7 Å². The number of aliphatic imine (C=N–C) groups is 1. The molecule has 1 saturated heterocycles. The van der Waals surface area contributed by atoms with Crippen LogP contribution in [0.4, 0.5) is 0 Å². The molecule has 1 unspecified atom stereocenters. The second-order valence-corrected chi connectivity index (χ2v) is 6.88. The molecule has 2 N–H and O–H groups in total. The number of para-hydroxylation sites is 1. The average Bonchev–Trinajstić information content (AvgIpc) is 3.38. The van der Waals surface area contributed by atoms with Crippen LogP contribution in [0.15, 0.2) is 35.6 Å². The summed E-state index contributed by atoms with van der Waals surface area (Å²) in [5.41, 5.74) is 1.21. The topological polar surface area (TPSA) is 79.6 Å². The molecule has 8 nitrogen and oxygen atoms in total. The third-order valence-electron chi connectivity index (χ3n) is 5.07. The lowest BCUT2D eigenvalue weighted by Gasteiger charge is -2.30. The van der Waals surface area contributed by atoms with Gasteiger partial charge in [-0.3, -0.25) is 9.58 Å². The van der Waals surface area contributed by atoms with E-state index in [2.05, 4.69) is 49.7 Å². The normalized spacial score (nSPS) is 15.6. The Kier molecular flexibility index (Phi) is 9.65. The zero-order valence-electron chi connectivity index (χ0n) is 17.5. The molecule has 160 valence electrons. The SMILES string of the molecule is CCNC(=NCc1ncnn1C)NCC(c1ccccc1OC)N1CCCC1.I. The highest BCUT2D eigenvalue weighted by Crippen LogP contribution is 2.31. The molecule has 2 aromatic rings. The summed E-state index contributed by atoms with van der Waals surface area (Å²) in [6.07, 6.45) is 4.04. The molecule has 0 aliphatic carbocycles. The van der Waals surface area contributed by atoms with E-state index in [4.69, 9.17) is 4.74 Å². The zero-order valence-corrected chi connectivity index (χ0v) is 19.8. The van der Waals surface area contributed by atoms with Gasteiger partial charge >= 0.3 is 0 Å². The van der Waals surface area contributed by atoms with Gasteiger partial charge in [-0.05, 0) is 38.9 Å². The van der Waals surface area contributed by atoms with Gasteiger partial charge in [-0.25, -0.2) is 9.98 Å². The Morgan fingerprint density at radius 1 is 1.24 bits per heavy atom. The number of ether oxygens (including phenoxy) is 1. The highest BCUT2D eigenvalue weighted by atomic mass is 127. The molecule has 1 fully saturated rings. The number of rotatable bonds is 8. The number of hydrogen-bond acceptors (Lipinski definition) is 5. The summed E-state index contributed by atoms with van der Waals surface area (Å²) in [5, 5.41) is 10.9. The molecule has 29 heavy (non-hydrogen) atoms. The Labute approximate surface area is 190 Å². The molecule has 0 radical (unpaired) electrons. The van der Waals surface area contributed by atoms with Crippen LogP contribution >= 0.6 is 24.0 Å². The number of halogens is 1. The fourth-order valence-electron chi connectivity index (χ4n) is 3.58. The molecule has 9 heteroatoms. The first-order chi connectivity index (χ1) is 13.7. The van der Waals surface area contributed by atoms with Gasteiger partial charge in [0.1, 0.15) is 24.4 Å². The van der Waals surface area contributed by atoms with Crippen molar-refractivity contribution in [3.8, 4) is 5.75 Å². The quantitative estimate of drug-likeness (QED) is 0.321. The van der Waals surface area contributed by atoms with Crippen molar-refractivity contribution in [2.45, 2.75) is 32.4 Å². The molecule has 2 heterocycles. The lowest BCUT2D eigenvalue weighted by Crippen LogP contribution is -2.42. The molecular formula is C20H32IN7O. The van der Waals surface area contributed by atoms with Gasteiger partial charge < -0.3 is 15.4 Å². The van der Waals surface area contributed by atoms with Gasteiger partial charge in [0.05, 0.1) is 13.2 Å². The minimum absolute atomic E-state index is 0. The predicted octanol–water partition coefficient (Wildman–Crippen LogP) is 2.33. The lowest BCUT2D eigenvalue weighted by atomic mass is 10.0. The van der Waals surface area contributed by atoms with Crippen LogP contribution in [0.25, 0.3) is 0 Å². The minimum Gasteiger partial charge on any atom is -0.496 e. The van der Waals surface area contributed by atoms with Gasteiger partial charge in [-0.2, -0.15) is 5.10 Å². The molecule has 1 aliphatic heterocycles. The summed E-state index contributed by atoms with van der Waals surface area (Å²) in [7, 11) is 3.61. The molecular weight excluding hydrogens is 481 g/mol. The number of likely N-dealkylation sites (tertiary alicyclic amines) is 1. The number of methoxy groups -OCH3 is 1. The first kappa shape index (κ1) is 23.4. The van der Waals surface area contributed by atoms with Crippen molar-refractivity contribution in [2.24, 2.45) is 12.0 Å². The summed E-state index contributed by atoms with van der Waals surface area (Å²) >= 11 is 0. The molecule has 0 amide bonds. The molecule has 1 aromatic heterocycles. The monoisotopic (exact) mass is 513 g/mol. The number of aryl methyl sites for hydroxylation is 1. The summed E-state index contributed by atoms with van der Waals surface area (Å²) in [5.74, 6) is 2.55. The molecule has 1 aromatic carbocycles. The largest absolute Gasteiger partial charge is 0.496 e. The van der Waals surface area contributed by atoms with E-state index in [0.29, 0.717) is 6.54 Å². The predicted molar refractivity (Wildman–Crippen MR) is 126 cm³/mol. The van der Waals surface area contributed by atoms with Gasteiger partial charge in [-0.1, -0.05) is 18.2 Å². The van der Waals surface area contributed by atoms with Crippen molar-refractivity contribution in [1.29, 1.82) is 0 Å². The first-order valence-corrected chi connectivity index (χ1v) is 9.95. The van der Waals surface area contributed by atoms with E-state index in [1.54, 1.807) is 18.1 Å². The van der Waals surface area contributed by atoms with Gasteiger partial charge in [0.25, 0.3) is 0 Å². The molecule has 0 saturated carbocycles.